The van der Waals surface area contributed by atoms with E-state index in [-0.39, 0.29) is 11.6 Å². The monoisotopic (exact) mass is 251 g/mol. The van der Waals surface area contributed by atoms with Gasteiger partial charge in [0.2, 0.25) is 0 Å². The molecular weight excluding hydrogens is 234 g/mol. The van der Waals surface area contributed by atoms with Gasteiger partial charge in [0, 0.05) is 29.8 Å². The minimum Gasteiger partial charge on any atom is -0.497 e. The van der Waals surface area contributed by atoms with Gasteiger partial charge in [-0.05, 0) is 18.2 Å². The topological polar surface area (TPSA) is 44.5 Å². The molecule has 1 unspecified atom stereocenters. The van der Waals surface area contributed by atoms with Crippen molar-refractivity contribution in [3.8, 4) is 11.5 Å². The molecule has 0 saturated carbocycles. The molecule has 0 bridgehead atoms. The largest absolute Gasteiger partial charge is 0.497 e. The highest BCUT2D eigenvalue weighted by Crippen LogP contribution is 2.45. The first-order chi connectivity index (χ1) is 8.22. The van der Waals surface area contributed by atoms with E-state index >= 15 is 0 Å². The van der Waals surface area contributed by atoms with Gasteiger partial charge in [0.15, 0.2) is 0 Å². The highest BCUT2D eigenvalue weighted by Gasteiger charge is 2.42. The van der Waals surface area contributed by atoms with Crippen molar-refractivity contribution in [1.82, 2.24) is 0 Å². The number of benzene rings is 1. The van der Waals surface area contributed by atoms with Crippen LogP contribution in [0.25, 0.3) is 0 Å². The Kier molecular flexibility index (Phi) is 2.71. The van der Waals surface area contributed by atoms with E-state index in [2.05, 4.69) is 0 Å². The van der Waals surface area contributed by atoms with Gasteiger partial charge in [0.05, 0.1) is 7.11 Å². The predicted molar refractivity (Wildman–Crippen MR) is 69.8 cm³/mol. The minimum absolute atomic E-state index is 0.0382. The van der Waals surface area contributed by atoms with Crippen molar-refractivity contribution in [2.45, 2.75) is 24.5 Å². The van der Waals surface area contributed by atoms with E-state index < -0.39 is 0 Å². The highest BCUT2D eigenvalue weighted by molar-refractivity contribution is 7.99. The van der Waals surface area contributed by atoms with Crippen LogP contribution in [0, 0.1) is 0 Å². The Morgan fingerprint density at radius 2 is 2.41 bits per heavy atom. The normalized spacial score (nSPS) is 31.1. The molecule has 2 aliphatic heterocycles. The van der Waals surface area contributed by atoms with Crippen molar-refractivity contribution in [2.75, 3.05) is 18.6 Å². The summed E-state index contributed by atoms with van der Waals surface area (Å²) in [6, 6.07) is 6.01. The third kappa shape index (κ3) is 1.89. The smallest absolute Gasteiger partial charge is 0.128 e. The first kappa shape index (κ1) is 11.2. The summed E-state index contributed by atoms with van der Waals surface area (Å²) in [5.74, 6) is 3.97. The molecule has 1 saturated heterocycles. The number of ether oxygens (including phenoxy) is 2. The molecule has 1 spiro atoms. The summed E-state index contributed by atoms with van der Waals surface area (Å²) in [5, 5.41) is 0. The molecule has 2 N–H and O–H groups in total. The lowest BCUT2D eigenvalue weighted by Gasteiger charge is -2.38. The van der Waals surface area contributed by atoms with Crippen molar-refractivity contribution in [3.63, 3.8) is 0 Å². The van der Waals surface area contributed by atoms with Crippen molar-refractivity contribution in [2.24, 2.45) is 5.73 Å². The lowest BCUT2D eigenvalue weighted by atomic mass is 9.87. The Bertz CT molecular complexity index is 429. The zero-order valence-corrected chi connectivity index (χ0v) is 10.8. The Balaban J connectivity index is 1.97. The lowest BCUT2D eigenvalue weighted by Crippen LogP contribution is -2.42. The third-order valence-corrected chi connectivity index (χ3v) is 4.83. The molecule has 0 aromatic heterocycles. The summed E-state index contributed by atoms with van der Waals surface area (Å²) in [7, 11) is 1.67. The fourth-order valence-corrected chi connectivity index (χ4v) is 4.01. The molecule has 3 rings (SSSR count). The lowest BCUT2D eigenvalue weighted by molar-refractivity contribution is 0.0613. The Morgan fingerprint density at radius 1 is 1.53 bits per heavy atom. The van der Waals surface area contributed by atoms with Crippen LogP contribution in [0.3, 0.4) is 0 Å². The van der Waals surface area contributed by atoms with Crippen molar-refractivity contribution in [3.05, 3.63) is 23.8 Å². The maximum Gasteiger partial charge on any atom is 0.128 e. The van der Waals surface area contributed by atoms with Gasteiger partial charge in [-0.3, -0.25) is 0 Å². The fourth-order valence-electron chi connectivity index (χ4n) is 2.65. The molecule has 17 heavy (non-hydrogen) atoms. The van der Waals surface area contributed by atoms with E-state index in [1.54, 1.807) is 7.11 Å². The van der Waals surface area contributed by atoms with E-state index in [4.69, 9.17) is 15.2 Å². The van der Waals surface area contributed by atoms with Crippen molar-refractivity contribution >= 4 is 11.8 Å². The maximum atomic E-state index is 6.26. The molecule has 92 valence electrons. The number of hydrogen-bond donors (Lipinski definition) is 1. The van der Waals surface area contributed by atoms with E-state index in [1.807, 2.05) is 30.0 Å². The molecule has 4 heteroatoms. The molecule has 3 nitrogen and oxygen atoms in total. The Labute approximate surface area is 106 Å². The zero-order chi connectivity index (χ0) is 11.9. The number of methoxy groups -OCH3 is 1. The van der Waals surface area contributed by atoms with Crippen LogP contribution in [-0.4, -0.2) is 24.2 Å². The standard InChI is InChI=1S/C13H17NO2S/c1-15-9-2-3-10-11(14)7-13(4-5-17-8-13)16-12(10)6-9/h2-3,6,11H,4-5,7-8,14H2,1H3/t11-,13?/m0/s1. The predicted octanol–water partition coefficient (Wildman–Crippen LogP) is 2.35. The fraction of sp³-hybridized carbons (Fsp3) is 0.538. The highest BCUT2D eigenvalue weighted by atomic mass is 32.2. The van der Waals surface area contributed by atoms with Gasteiger partial charge in [-0.1, -0.05) is 6.07 Å². The summed E-state index contributed by atoms with van der Waals surface area (Å²) >= 11 is 1.95. The van der Waals surface area contributed by atoms with E-state index in [0.717, 1.165) is 35.7 Å². The molecule has 2 heterocycles. The molecule has 0 radical (unpaired) electrons. The summed E-state index contributed by atoms with van der Waals surface area (Å²) in [6.45, 7) is 0. The molecule has 0 amide bonds. The number of thioether (sulfide) groups is 1. The van der Waals surface area contributed by atoms with Gasteiger partial charge >= 0.3 is 0 Å². The van der Waals surface area contributed by atoms with Gasteiger partial charge < -0.3 is 15.2 Å². The van der Waals surface area contributed by atoms with Crippen molar-refractivity contribution in [1.29, 1.82) is 0 Å². The van der Waals surface area contributed by atoms with Gasteiger partial charge in [0.1, 0.15) is 17.1 Å². The quantitative estimate of drug-likeness (QED) is 0.832. The average molecular weight is 251 g/mol. The van der Waals surface area contributed by atoms with Crippen LogP contribution in [0.15, 0.2) is 18.2 Å². The molecule has 2 aliphatic rings. The average Bonchev–Trinajstić information content (AvgIpc) is 2.76. The van der Waals surface area contributed by atoms with Gasteiger partial charge in [-0.25, -0.2) is 0 Å². The first-order valence-electron chi connectivity index (χ1n) is 5.93. The number of nitrogens with two attached hydrogens (primary N) is 1. The van der Waals surface area contributed by atoms with E-state index in [0.29, 0.717) is 0 Å². The Morgan fingerprint density at radius 3 is 3.12 bits per heavy atom. The third-order valence-electron chi connectivity index (χ3n) is 3.61. The van der Waals surface area contributed by atoms with Crippen LogP contribution < -0.4 is 15.2 Å². The molecular formula is C13H17NO2S. The van der Waals surface area contributed by atoms with E-state index in [1.165, 1.54) is 5.75 Å². The number of hydrogen-bond acceptors (Lipinski definition) is 4. The SMILES string of the molecule is COc1ccc2c(c1)OC1(CCSC1)C[C@@H]2N. The molecule has 1 fully saturated rings. The summed E-state index contributed by atoms with van der Waals surface area (Å²) in [4.78, 5) is 0. The van der Waals surface area contributed by atoms with Gasteiger partial charge in [0.25, 0.3) is 0 Å². The summed E-state index contributed by atoms with van der Waals surface area (Å²) < 4.78 is 11.5. The van der Waals surface area contributed by atoms with Gasteiger partial charge in [-0.2, -0.15) is 11.8 Å². The van der Waals surface area contributed by atoms with Crippen LogP contribution in [0.4, 0.5) is 0 Å². The van der Waals surface area contributed by atoms with Crippen molar-refractivity contribution < 1.29 is 9.47 Å². The van der Waals surface area contributed by atoms with Crippen LogP contribution >= 0.6 is 11.8 Å². The van der Waals surface area contributed by atoms with E-state index in [9.17, 15) is 0 Å². The van der Waals surface area contributed by atoms with Gasteiger partial charge in [-0.15, -0.1) is 0 Å². The minimum atomic E-state index is -0.0382. The van der Waals surface area contributed by atoms with Crippen LogP contribution in [0.1, 0.15) is 24.4 Å². The Hall–Kier alpha value is -0.870. The second kappa shape index (κ2) is 4.10. The second-order valence-corrected chi connectivity index (χ2v) is 5.91. The van der Waals surface area contributed by atoms with Crippen LogP contribution in [0.5, 0.6) is 11.5 Å². The summed E-state index contributed by atoms with van der Waals surface area (Å²) in [6.07, 6.45) is 2.03. The van der Waals surface area contributed by atoms with Crippen LogP contribution in [-0.2, 0) is 0 Å². The number of rotatable bonds is 1. The summed E-state index contributed by atoms with van der Waals surface area (Å²) in [5.41, 5.74) is 7.33. The molecule has 1 aromatic carbocycles. The van der Waals surface area contributed by atoms with Crippen LogP contribution in [0.2, 0.25) is 0 Å². The second-order valence-electron chi connectivity index (χ2n) is 4.80. The molecule has 2 atom stereocenters. The molecule has 0 aliphatic carbocycles. The zero-order valence-electron chi connectivity index (χ0n) is 9.94. The number of fused-ring (bicyclic) bond motifs is 1. The maximum absolute atomic E-state index is 6.26. The molecule has 1 aromatic rings. The first-order valence-corrected chi connectivity index (χ1v) is 7.08.